The number of carbonyl (C=O) groups excluding carboxylic acids is 1. The predicted octanol–water partition coefficient (Wildman–Crippen LogP) is 2.61. The molecule has 1 aliphatic heterocycles. The molecule has 2 atom stereocenters. The molecule has 0 saturated carbocycles. The van der Waals surface area contributed by atoms with Gasteiger partial charge < -0.3 is 20.2 Å². The lowest BCUT2D eigenvalue weighted by molar-refractivity contribution is -0.137. The van der Waals surface area contributed by atoms with Crippen LogP contribution in [0, 0.1) is 11.6 Å². The number of nitrogens with one attached hydrogen (secondary N) is 1. The third-order valence-electron chi connectivity index (χ3n) is 5.72. The Morgan fingerprint density at radius 1 is 1.27 bits per heavy atom. The van der Waals surface area contributed by atoms with Crippen LogP contribution in [-0.4, -0.2) is 40.5 Å². The minimum atomic E-state index is -1.26. The number of pyridine rings is 2. The molecule has 2 unspecified atom stereocenters. The molecule has 172 valence electrons. The van der Waals surface area contributed by atoms with Crippen LogP contribution in [0.4, 0.5) is 8.78 Å². The van der Waals surface area contributed by atoms with E-state index in [1.54, 1.807) is 25.3 Å². The van der Waals surface area contributed by atoms with Gasteiger partial charge in [0.1, 0.15) is 17.1 Å². The second-order valence-corrected chi connectivity index (χ2v) is 7.78. The van der Waals surface area contributed by atoms with Crippen LogP contribution in [0.5, 0.6) is 11.5 Å². The van der Waals surface area contributed by atoms with E-state index >= 15 is 0 Å². The van der Waals surface area contributed by atoms with Gasteiger partial charge in [-0.2, -0.15) is 0 Å². The lowest BCUT2D eigenvalue weighted by Crippen LogP contribution is -2.57. The summed E-state index contributed by atoms with van der Waals surface area (Å²) < 4.78 is 38.2. The first-order valence-electron chi connectivity index (χ1n) is 10.2. The van der Waals surface area contributed by atoms with Crippen LogP contribution in [0.3, 0.4) is 0 Å². The fraction of sp³-hybridized carbons (Fsp3) is 0.261. The zero-order valence-corrected chi connectivity index (χ0v) is 17.8. The highest BCUT2D eigenvalue weighted by molar-refractivity contribution is 5.85. The summed E-state index contributed by atoms with van der Waals surface area (Å²) >= 11 is 0. The fourth-order valence-electron chi connectivity index (χ4n) is 3.74. The zero-order valence-electron chi connectivity index (χ0n) is 17.8. The number of carbonyl (C=O) groups is 1. The number of morpholine rings is 1. The van der Waals surface area contributed by atoms with Gasteiger partial charge in [0.2, 0.25) is 11.5 Å². The van der Waals surface area contributed by atoms with E-state index in [0.29, 0.717) is 25.4 Å². The quantitative estimate of drug-likeness (QED) is 0.590. The fourth-order valence-corrected chi connectivity index (χ4v) is 3.74. The summed E-state index contributed by atoms with van der Waals surface area (Å²) in [5.41, 5.74) is 5.47. The molecule has 0 spiro atoms. The standard InChI is InChI=1S/C23H22F2N4O4/c1-23(22(26)31,29-8-9-32-19(13-29)14-2-7-21(30)28-11-14)20-6-4-16(12-27-20)33-18-5-3-15(24)10-17(18)25/h2-7,10-12,19H,8-9,13H2,1H3,(H2,26,31)(H,28,30). The Hall–Kier alpha value is -3.63. The van der Waals surface area contributed by atoms with Crippen molar-refractivity contribution in [2.45, 2.75) is 18.6 Å². The van der Waals surface area contributed by atoms with E-state index in [9.17, 15) is 18.4 Å². The number of H-pyrrole nitrogens is 1. The Morgan fingerprint density at radius 2 is 2.09 bits per heavy atom. The van der Waals surface area contributed by atoms with Crippen LogP contribution in [-0.2, 0) is 15.1 Å². The molecule has 4 rings (SSSR count). The molecule has 1 amide bonds. The molecule has 1 fully saturated rings. The van der Waals surface area contributed by atoms with Crippen molar-refractivity contribution in [1.29, 1.82) is 0 Å². The summed E-state index contributed by atoms with van der Waals surface area (Å²) in [7, 11) is 0. The molecule has 10 heteroatoms. The van der Waals surface area contributed by atoms with Gasteiger partial charge in [0.05, 0.1) is 24.6 Å². The van der Waals surface area contributed by atoms with Crippen LogP contribution in [0.15, 0.2) is 59.7 Å². The van der Waals surface area contributed by atoms with Crippen LogP contribution in [0.1, 0.15) is 24.3 Å². The summed E-state index contributed by atoms with van der Waals surface area (Å²) in [5, 5.41) is 0. The van der Waals surface area contributed by atoms with Gasteiger partial charge in [-0.3, -0.25) is 19.5 Å². The van der Waals surface area contributed by atoms with Crippen molar-refractivity contribution in [3.63, 3.8) is 0 Å². The molecule has 1 aromatic carbocycles. The molecule has 0 radical (unpaired) electrons. The van der Waals surface area contributed by atoms with Crippen molar-refractivity contribution in [2.24, 2.45) is 5.73 Å². The van der Waals surface area contributed by atoms with E-state index < -0.39 is 23.1 Å². The minimum Gasteiger partial charge on any atom is -0.453 e. The van der Waals surface area contributed by atoms with Crippen LogP contribution < -0.4 is 16.0 Å². The zero-order chi connectivity index (χ0) is 23.6. The Bertz CT molecular complexity index is 1200. The van der Waals surface area contributed by atoms with Gasteiger partial charge in [0.25, 0.3) is 0 Å². The normalized spacial score (nSPS) is 18.5. The molecule has 33 heavy (non-hydrogen) atoms. The third-order valence-corrected chi connectivity index (χ3v) is 5.72. The van der Waals surface area contributed by atoms with Gasteiger partial charge >= 0.3 is 0 Å². The summed E-state index contributed by atoms with van der Waals surface area (Å²) in [6.07, 6.45) is 2.55. The Kier molecular flexibility index (Phi) is 6.21. The van der Waals surface area contributed by atoms with Gasteiger partial charge in [0, 0.05) is 31.4 Å². The molecule has 3 heterocycles. The molecule has 0 bridgehead atoms. The van der Waals surface area contributed by atoms with Crippen LogP contribution in [0.2, 0.25) is 0 Å². The number of hydrogen-bond donors (Lipinski definition) is 2. The van der Waals surface area contributed by atoms with Gasteiger partial charge in [-0.25, -0.2) is 8.78 Å². The highest BCUT2D eigenvalue weighted by Gasteiger charge is 2.43. The third kappa shape index (κ3) is 4.62. The predicted molar refractivity (Wildman–Crippen MR) is 115 cm³/mol. The molecule has 0 aliphatic carbocycles. The van der Waals surface area contributed by atoms with Crippen molar-refractivity contribution >= 4 is 5.91 Å². The first-order valence-corrected chi connectivity index (χ1v) is 10.2. The van der Waals surface area contributed by atoms with E-state index in [1.807, 2.05) is 4.90 Å². The minimum absolute atomic E-state index is 0.152. The van der Waals surface area contributed by atoms with E-state index in [1.165, 1.54) is 24.4 Å². The highest BCUT2D eigenvalue weighted by atomic mass is 19.1. The molecular formula is C23H22F2N4O4. The highest BCUT2D eigenvalue weighted by Crippen LogP contribution is 2.33. The van der Waals surface area contributed by atoms with Crippen molar-refractivity contribution in [3.8, 4) is 11.5 Å². The summed E-state index contributed by atoms with van der Waals surface area (Å²) in [4.78, 5) is 32.8. The number of primary amides is 1. The largest absolute Gasteiger partial charge is 0.453 e. The van der Waals surface area contributed by atoms with Crippen molar-refractivity contribution in [1.82, 2.24) is 14.9 Å². The number of rotatable bonds is 6. The van der Waals surface area contributed by atoms with E-state index in [2.05, 4.69) is 9.97 Å². The first-order chi connectivity index (χ1) is 15.8. The molecule has 1 saturated heterocycles. The maximum Gasteiger partial charge on any atom is 0.247 e. The SMILES string of the molecule is CC(C(N)=O)(c1ccc(Oc2ccc(F)cc2F)cn1)N1CCOC(c2ccc(=O)[nH]c2)C1. The Labute approximate surface area is 188 Å². The lowest BCUT2D eigenvalue weighted by Gasteiger charge is -2.43. The number of ether oxygens (including phenoxy) is 2. The van der Waals surface area contributed by atoms with E-state index in [0.717, 1.165) is 17.7 Å². The number of aromatic amines is 1. The number of hydrogen-bond acceptors (Lipinski definition) is 6. The Balaban J connectivity index is 1.57. The summed E-state index contributed by atoms with van der Waals surface area (Å²) in [5.74, 6) is -2.10. The molecule has 3 N–H and O–H groups in total. The van der Waals surface area contributed by atoms with Crippen LogP contribution >= 0.6 is 0 Å². The Morgan fingerprint density at radius 3 is 2.73 bits per heavy atom. The average Bonchev–Trinajstić information content (AvgIpc) is 2.81. The second kappa shape index (κ2) is 9.08. The topological polar surface area (TPSA) is 111 Å². The second-order valence-electron chi connectivity index (χ2n) is 7.78. The van der Waals surface area contributed by atoms with Gasteiger partial charge in [-0.15, -0.1) is 0 Å². The maximum atomic E-state index is 13.9. The molecule has 2 aromatic heterocycles. The van der Waals surface area contributed by atoms with Crippen molar-refractivity contribution in [3.05, 3.63) is 88.1 Å². The molecule has 1 aliphatic rings. The van der Waals surface area contributed by atoms with E-state index in [-0.39, 0.29) is 23.2 Å². The molecule has 8 nitrogen and oxygen atoms in total. The summed E-state index contributed by atoms with van der Waals surface area (Å²) in [6, 6.07) is 9.18. The van der Waals surface area contributed by atoms with Crippen molar-refractivity contribution in [2.75, 3.05) is 19.7 Å². The van der Waals surface area contributed by atoms with E-state index in [4.69, 9.17) is 15.2 Å². The number of halogens is 2. The van der Waals surface area contributed by atoms with Gasteiger partial charge in [-0.05, 0) is 42.8 Å². The van der Waals surface area contributed by atoms with Gasteiger partial charge in [-0.1, -0.05) is 0 Å². The summed E-state index contributed by atoms with van der Waals surface area (Å²) in [6.45, 7) is 2.79. The number of nitrogens with two attached hydrogens (primary N) is 1. The monoisotopic (exact) mass is 456 g/mol. The average molecular weight is 456 g/mol. The number of nitrogens with zero attached hydrogens (tertiary/aromatic N) is 2. The lowest BCUT2D eigenvalue weighted by atomic mass is 9.92. The van der Waals surface area contributed by atoms with Crippen LogP contribution in [0.25, 0.3) is 0 Å². The maximum absolute atomic E-state index is 13.9. The number of benzene rings is 1. The smallest absolute Gasteiger partial charge is 0.247 e. The molecular weight excluding hydrogens is 434 g/mol. The molecule has 3 aromatic rings. The van der Waals surface area contributed by atoms with Crippen molar-refractivity contribution < 1.29 is 23.0 Å². The van der Waals surface area contributed by atoms with Gasteiger partial charge in [0.15, 0.2) is 11.6 Å². The first kappa shape index (κ1) is 22.6. The number of amides is 1. The number of aromatic nitrogens is 2.